The summed E-state index contributed by atoms with van der Waals surface area (Å²) in [6.45, 7) is 3.39. The molecule has 0 fully saturated rings. The van der Waals surface area contributed by atoms with Crippen molar-refractivity contribution in [2.24, 2.45) is 0 Å². The molecule has 0 saturated heterocycles. The first kappa shape index (κ1) is 19.6. The lowest BCUT2D eigenvalue weighted by Gasteiger charge is -2.14. The molecule has 142 valence electrons. The lowest BCUT2D eigenvalue weighted by atomic mass is 10.2. The van der Waals surface area contributed by atoms with Crippen LogP contribution in [0.15, 0.2) is 24.3 Å². The number of aromatic nitrogens is 1. The van der Waals surface area contributed by atoms with Crippen LogP contribution >= 0.6 is 34.3 Å². The second-order valence-electron chi connectivity index (χ2n) is 6.17. The fourth-order valence-electron chi connectivity index (χ4n) is 2.25. The van der Waals surface area contributed by atoms with Crippen LogP contribution in [0, 0.1) is 6.92 Å². The molecule has 1 unspecified atom stereocenters. The predicted octanol–water partition coefficient (Wildman–Crippen LogP) is 4.57. The number of esters is 1. The molecule has 1 atom stereocenters. The Balaban J connectivity index is 1.66. The molecule has 1 N–H and O–H groups in total. The number of halogens is 1. The van der Waals surface area contributed by atoms with Crippen LogP contribution in [0.5, 0.6) is 0 Å². The smallest absolute Gasteiger partial charge is 0.349 e. The summed E-state index contributed by atoms with van der Waals surface area (Å²) >= 11 is 8.71. The molecule has 27 heavy (non-hydrogen) atoms. The van der Waals surface area contributed by atoms with Gasteiger partial charge in [-0.2, -0.15) is 0 Å². The minimum absolute atomic E-state index is 0.417. The molecular weight excluding hydrogens is 406 g/mol. The van der Waals surface area contributed by atoms with Gasteiger partial charge >= 0.3 is 5.97 Å². The molecule has 0 spiro atoms. The number of nitrogens with zero attached hydrogens (tertiary/aromatic N) is 2. The molecule has 0 aliphatic heterocycles. The highest BCUT2D eigenvalue weighted by molar-refractivity contribution is 7.29. The number of aryl methyl sites for hydroxylation is 1. The molecule has 1 aromatic carbocycles. The lowest BCUT2D eigenvalue weighted by molar-refractivity contribution is -0.123. The number of benzene rings is 1. The average Bonchev–Trinajstić information content (AvgIpc) is 3.17. The largest absolute Gasteiger partial charge is 0.448 e. The molecule has 6 nitrogen and oxygen atoms in total. The Labute approximate surface area is 169 Å². The van der Waals surface area contributed by atoms with Crippen molar-refractivity contribution in [3.8, 4) is 0 Å². The van der Waals surface area contributed by atoms with Gasteiger partial charge in [0.25, 0.3) is 5.91 Å². The van der Waals surface area contributed by atoms with Crippen molar-refractivity contribution < 1.29 is 14.3 Å². The van der Waals surface area contributed by atoms with Crippen molar-refractivity contribution in [2.75, 3.05) is 24.3 Å². The van der Waals surface area contributed by atoms with Gasteiger partial charge in [0.2, 0.25) is 0 Å². The standard InChI is InChI=1S/C18H18ClN3O3S2/c1-9-5-6-11(19)7-12(9)20-15(23)10(2)25-17(24)14-8-13-16(26-14)21-18(27-13)22(3)4/h5-8,10H,1-4H3,(H,20,23). The summed E-state index contributed by atoms with van der Waals surface area (Å²) in [5, 5.41) is 4.13. The van der Waals surface area contributed by atoms with E-state index in [4.69, 9.17) is 16.3 Å². The Morgan fingerprint density at radius 2 is 2.00 bits per heavy atom. The molecule has 0 aliphatic rings. The first-order valence-electron chi connectivity index (χ1n) is 8.10. The number of hydrogen-bond acceptors (Lipinski definition) is 7. The summed E-state index contributed by atoms with van der Waals surface area (Å²) in [6.07, 6.45) is -0.943. The normalized spacial score (nSPS) is 12.0. The van der Waals surface area contributed by atoms with Gasteiger partial charge in [-0.1, -0.05) is 29.0 Å². The molecule has 0 aliphatic carbocycles. The zero-order valence-electron chi connectivity index (χ0n) is 15.2. The zero-order chi connectivity index (χ0) is 19.7. The minimum Gasteiger partial charge on any atom is -0.448 e. The van der Waals surface area contributed by atoms with Gasteiger partial charge in [0.15, 0.2) is 11.2 Å². The van der Waals surface area contributed by atoms with E-state index in [9.17, 15) is 9.59 Å². The number of thiazole rings is 1. The first-order valence-corrected chi connectivity index (χ1v) is 10.1. The van der Waals surface area contributed by atoms with Gasteiger partial charge in [-0.15, -0.1) is 11.3 Å². The van der Waals surface area contributed by atoms with E-state index in [2.05, 4.69) is 10.3 Å². The van der Waals surface area contributed by atoms with E-state index in [1.54, 1.807) is 18.2 Å². The number of thiophene rings is 1. The van der Waals surface area contributed by atoms with Crippen LogP contribution in [0.1, 0.15) is 22.2 Å². The molecule has 1 amide bonds. The van der Waals surface area contributed by atoms with Crippen LogP contribution in [0.3, 0.4) is 0 Å². The number of ether oxygens (including phenoxy) is 1. The van der Waals surface area contributed by atoms with Crippen molar-refractivity contribution in [1.29, 1.82) is 0 Å². The monoisotopic (exact) mass is 423 g/mol. The average molecular weight is 424 g/mol. The summed E-state index contributed by atoms with van der Waals surface area (Å²) in [5.41, 5.74) is 1.46. The number of rotatable bonds is 5. The topological polar surface area (TPSA) is 71.5 Å². The van der Waals surface area contributed by atoms with Crippen LogP contribution in [0.4, 0.5) is 10.8 Å². The molecule has 0 radical (unpaired) electrons. The van der Waals surface area contributed by atoms with Crippen LogP contribution in [0.2, 0.25) is 5.02 Å². The summed E-state index contributed by atoms with van der Waals surface area (Å²) in [5.74, 6) is -0.956. The highest BCUT2D eigenvalue weighted by Gasteiger charge is 2.22. The molecule has 2 aromatic heterocycles. The third kappa shape index (κ3) is 4.40. The fourth-order valence-corrected chi connectivity index (χ4v) is 4.44. The number of fused-ring (bicyclic) bond motifs is 1. The van der Waals surface area contributed by atoms with Gasteiger partial charge < -0.3 is 15.0 Å². The molecule has 2 heterocycles. The molecule has 3 aromatic rings. The number of carbonyl (C=O) groups excluding carboxylic acids is 2. The Kier molecular flexibility index (Phi) is 5.69. The first-order chi connectivity index (χ1) is 12.7. The van der Waals surface area contributed by atoms with Crippen LogP contribution < -0.4 is 10.2 Å². The van der Waals surface area contributed by atoms with E-state index in [1.165, 1.54) is 29.6 Å². The molecule has 0 saturated carbocycles. The number of anilines is 2. The van der Waals surface area contributed by atoms with Gasteiger partial charge in [0, 0.05) is 24.8 Å². The molecule has 9 heteroatoms. The third-order valence-corrected chi connectivity index (χ3v) is 6.32. The van der Waals surface area contributed by atoms with Crippen LogP contribution in [0.25, 0.3) is 9.53 Å². The van der Waals surface area contributed by atoms with Crippen molar-refractivity contribution in [3.63, 3.8) is 0 Å². The maximum atomic E-state index is 12.4. The summed E-state index contributed by atoms with van der Waals surface area (Å²) in [6, 6.07) is 6.96. The number of amides is 1. The summed E-state index contributed by atoms with van der Waals surface area (Å²) < 4.78 is 6.23. The molecular formula is C18H18ClN3O3S2. The third-order valence-electron chi connectivity index (χ3n) is 3.77. The van der Waals surface area contributed by atoms with E-state index in [-0.39, 0.29) is 0 Å². The predicted molar refractivity (Wildman–Crippen MR) is 112 cm³/mol. The van der Waals surface area contributed by atoms with E-state index >= 15 is 0 Å². The van der Waals surface area contributed by atoms with Crippen LogP contribution in [-0.2, 0) is 9.53 Å². The Morgan fingerprint density at radius 1 is 1.26 bits per heavy atom. The van der Waals surface area contributed by atoms with Crippen molar-refractivity contribution >= 4 is 66.5 Å². The van der Waals surface area contributed by atoms with E-state index in [1.807, 2.05) is 32.0 Å². The van der Waals surface area contributed by atoms with E-state index < -0.39 is 18.0 Å². The lowest BCUT2D eigenvalue weighted by Crippen LogP contribution is -2.30. The fraction of sp³-hybridized carbons (Fsp3) is 0.278. The second kappa shape index (κ2) is 7.84. The van der Waals surface area contributed by atoms with Crippen molar-refractivity contribution in [3.05, 3.63) is 39.7 Å². The Bertz CT molecular complexity index is 981. The minimum atomic E-state index is -0.943. The Hall–Kier alpha value is -2.16. The van der Waals surface area contributed by atoms with Gasteiger partial charge in [-0.05, 0) is 37.6 Å². The molecule has 3 rings (SSSR count). The summed E-state index contributed by atoms with van der Waals surface area (Å²) in [4.78, 5) is 32.3. The van der Waals surface area contributed by atoms with Crippen molar-refractivity contribution in [1.82, 2.24) is 4.98 Å². The SMILES string of the molecule is Cc1ccc(Cl)cc1NC(=O)C(C)OC(=O)c1cc2sc(N(C)C)nc2s1. The number of hydrogen-bond donors (Lipinski definition) is 1. The van der Waals surface area contributed by atoms with Gasteiger partial charge in [-0.25, -0.2) is 9.78 Å². The van der Waals surface area contributed by atoms with Crippen LogP contribution in [-0.4, -0.2) is 37.1 Å². The number of nitrogens with one attached hydrogen (secondary N) is 1. The quantitative estimate of drug-likeness (QED) is 0.608. The van der Waals surface area contributed by atoms with E-state index in [0.717, 1.165) is 20.2 Å². The zero-order valence-corrected chi connectivity index (χ0v) is 17.6. The second-order valence-corrected chi connectivity index (χ2v) is 8.64. The maximum Gasteiger partial charge on any atom is 0.349 e. The number of carbonyl (C=O) groups is 2. The van der Waals surface area contributed by atoms with Gasteiger partial charge in [-0.3, -0.25) is 4.79 Å². The Morgan fingerprint density at radius 3 is 2.67 bits per heavy atom. The van der Waals surface area contributed by atoms with Crippen molar-refractivity contribution in [2.45, 2.75) is 20.0 Å². The maximum absolute atomic E-state index is 12.4. The van der Waals surface area contributed by atoms with E-state index in [0.29, 0.717) is 15.6 Å². The highest BCUT2D eigenvalue weighted by Crippen LogP contribution is 2.34. The highest BCUT2D eigenvalue weighted by atomic mass is 35.5. The molecule has 0 bridgehead atoms. The van der Waals surface area contributed by atoms with Gasteiger partial charge in [0.05, 0.1) is 4.70 Å². The van der Waals surface area contributed by atoms with Gasteiger partial charge in [0.1, 0.15) is 9.71 Å². The summed E-state index contributed by atoms with van der Waals surface area (Å²) in [7, 11) is 3.83.